The Morgan fingerprint density at radius 3 is 2.32 bits per heavy atom. The fourth-order valence-electron chi connectivity index (χ4n) is 2.61. The van der Waals surface area contributed by atoms with Crippen LogP contribution in [0.15, 0.2) is 36.4 Å². The predicted octanol–water partition coefficient (Wildman–Crippen LogP) is 2.88. The van der Waals surface area contributed by atoms with Crippen LogP contribution in [0.5, 0.6) is 11.5 Å². The molecule has 0 aliphatic rings. The first-order valence-corrected chi connectivity index (χ1v) is 7.70. The largest absolute Gasteiger partial charge is 0.497 e. The number of hydrogen-bond acceptors (Lipinski definition) is 4. The number of aryl methyl sites for hydroxylation is 2. The third kappa shape index (κ3) is 4.09. The maximum absolute atomic E-state index is 12.5. The van der Waals surface area contributed by atoms with Crippen LogP contribution >= 0.6 is 0 Å². The van der Waals surface area contributed by atoms with Crippen molar-refractivity contribution >= 4 is 11.9 Å². The summed E-state index contributed by atoms with van der Waals surface area (Å²) in [7, 11) is 2.94. The number of benzene rings is 2. The number of aliphatic carboxylic acids is 1. The first kappa shape index (κ1) is 18.3. The van der Waals surface area contributed by atoms with Gasteiger partial charge >= 0.3 is 5.97 Å². The normalized spacial score (nSPS) is 11.5. The van der Waals surface area contributed by atoms with Gasteiger partial charge in [0.2, 0.25) is 0 Å². The summed E-state index contributed by atoms with van der Waals surface area (Å²) in [5.41, 5.74) is 2.59. The molecule has 132 valence electrons. The molecule has 2 aromatic carbocycles. The lowest BCUT2D eigenvalue weighted by molar-refractivity contribution is -0.139. The van der Waals surface area contributed by atoms with Crippen molar-refractivity contribution in [3.63, 3.8) is 0 Å². The molecule has 2 rings (SSSR count). The predicted molar refractivity (Wildman–Crippen MR) is 93.3 cm³/mol. The molecule has 0 fully saturated rings. The van der Waals surface area contributed by atoms with E-state index in [9.17, 15) is 14.7 Å². The number of amides is 1. The summed E-state index contributed by atoms with van der Waals surface area (Å²) in [6, 6.07) is 8.90. The van der Waals surface area contributed by atoms with Crippen LogP contribution in [0.2, 0.25) is 0 Å². The number of carbonyl (C=O) groups excluding carboxylic acids is 1. The average molecular weight is 343 g/mol. The average Bonchev–Trinajstić information content (AvgIpc) is 2.58. The van der Waals surface area contributed by atoms with Gasteiger partial charge in [-0.25, -0.2) is 4.79 Å². The van der Waals surface area contributed by atoms with Gasteiger partial charge in [0.05, 0.1) is 14.2 Å². The van der Waals surface area contributed by atoms with Gasteiger partial charge in [-0.15, -0.1) is 0 Å². The van der Waals surface area contributed by atoms with Crippen LogP contribution in [0.3, 0.4) is 0 Å². The molecule has 0 saturated carbocycles. The molecule has 0 spiro atoms. The van der Waals surface area contributed by atoms with Gasteiger partial charge in [0.15, 0.2) is 6.04 Å². The molecular weight excluding hydrogens is 322 g/mol. The van der Waals surface area contributed by atoms with Gasteiger partial charge in [0.1, 0.15) is 11.5 Å². The van der Waals surface area contributed by atoms with E-state index in [-0.39, 0.29) is 0 Å². The Morgan fingerprint density at radius 1 is 1.04 bits per heavy atom. The molecule has 0 aliphatic carbocycles. The van der Waals surface area contributed by atoms with Gasteiger partial charge in [-0.3, -0.25) is 4.79 Å². The fraction of sp³-hybridized carbons (Fsp3) is 0.263. The zero-order valence-corrected chi connectivity index (χ0v) is 14.6. The van der Waals surface area contributed by atoms with Gasteiger partial charge in [-0.05, 0) is 37.6 Å². The lowest BCUT2D eigenvalue weighted by Crippen LogP contribution is -2.34. The first-order chi connectivity index (χ1) is 11.9. The fourth-order valence-corrected chi connectivity index (χ4v) is 2.61. The summed E-state index contributed by atoms with van der Waals surface area (Å²) in [6.45, 7) is 3.74. The van der Waals surface area contributed by atoms with Crippen molar-refractivity contribution in [3.8, 4) is 11.5 Å². The molecule has 1 amide bonds. The Bertz CT molecular complexity index is 800. The molecule has 0 radical (unpaired) electrons. The Hall–Kier alpha value is -3.02. The van der Waals surface area contributed by atoms with Crippen LogP contribution in [0.4, 0.5) is 0 Å². The van der Waals surface area contributed by atoms with Gasteiger partial charge in [-0.2, -0.15) is 0 Å². The van der Waals surface area contributed by atoms with E-state index in [1.807, 2.05) is 26.0 Å². The Balaban J connectivity index is 2.36. The van der Waals surface area contributed by atoms with Gasteiger partial charge < -0.3 is 19.9 Å². The summed E-state index contributed by atoms with van der Waals surface area (Å²) in [6.07, 6.45) is 0. The second-order valence-electron chi connectivity index (χ2n) is 5.67. The number of ether oxygens (including phenoxy) is 2. The number of methoxy groups -OCH3 is 2. The first-order valence-electron chi connectivity index (χ1n) is 7.70. The summed E-state index contributed by atoms with van der Waals surface area (Å²) in [5, 5.41) is 12.1. The van der Waals surface area contributed by atoms with E-state index in [1.54, 1.807) is 24.3 Å². The number of hydrogen-bond donors (Lipinski definition) is 2. The van der Waals surface area contributed by atoms with Crippen LogP contribution in [0.1, 0.15) is 33.1 Å². The van der Waals surface area contributed by atoms with E-state index in [2.05, 4.69) is 5.32 Å². The second-order valence-corrected chi connectivity index (χ2v) is 5.67. The Kier molecular flexibility index (Phi) is 5.64. The second kappa shape index (κ2) is 7.70. The molecule has 25 heavy (non-hydrogen) atoms. The van der Waals surface area contributed by atoms with Gasteiger partial charge in [0.25, 0.3) is 5.91 Å². The highest BCUT2D eigenvalue weighted by molar-refractivity contribution is 5.98. The summed E-state index contributed by atoms with van der Waals surface area (Å²) < 4.78 is 10.4. The van der Waals surface area contributed by atoms with E-state index >= 15 is 0 Å². The molecule has 6 nitrogen and oxygen atoms in total. The molecule has 6 heteroatoms. The van der Waals surface area contributed by atoms with Crippen molar-refractivity contribution in [1.82, 2.24) is 5.32 Å². The SMILES string of the molecule is COc1ccc(C(NC(=O)c2ccc(C)cc2C)C(=O)O)c(OC)c1. The van der Waals surface area contributed by atoms with Crippen molar-refractivity contribution in [2.24, 2.45) is 0 Å². The molecule has 1 atom stereocenters. The van der Waals surface area contributed by atoms with E-state index in [4.69, 9.17) is 9.47 Å². The topological polar surface area (TPSA) is 84.9 Å². The number of carbonyl (C=O) groups is 2. The Labute approximate surface area is 146 Å². The van der Waals surface area contributed by atoms with Crippen molar-refractivity contribution in [1.29, 1.82) is 0 Å². The minimum Gasteiger partial charge on any atom is -0.497 e. The smallest absolute Gasteiger partial charge is 0.331 e. The highest BCUT2D eigenvalue weighted by Gasteiger charge is 2.26. The van der Waals surface area contributed by atoms with Crippen molar-refractivity contribution in [2.75, 3.05) is 14.2 Å². The molecule has 0 bridgehead atoms. The summed E-state index contributed by atoms with van der Waals surface area (Å²) in [4.78, 5) is 24.3. The number of nitrogens with one attached hydrogen (secondary N) is 1. The lowest BCUT2D eigenvalue weighted by atomic mass is 10.0. The molecule has 2 N–H and O–H groups in total. The van der Waals surface area contributed by atoms with Crippen LogP contribution in [0, 0.1) is 13.8 Å². The van der Waals surface area contributed by atoms with Crippen LogP contribution < -0.4 is 14.8 Å². The van der Waals surface area contributed by atoms with Crippen molar-refractivity contribution < 1.29 is 24.2 Å². The molecule has 0 saturated heterocycles. The van der Waals surface area contributed by atoms with Gasteiger partial charge in [-0.1, -0.05) is 17.7 Å². The monoisotopic (exact) mass is 343 g/mol. The van der Waals surface area contributed by atoms with Crippen molar-refractivity contribution in [3.05, 3.63) is 58.7 Å². The minimum atomic E-state index is -1.24. The molecule has 0 aromatic heterocycles. The van der Waals surface area contributed by atoms with Crippen molar-refractivity contribution in [2.45, 2.75) is 19.9 Å². The molecule has 1 unspecified atom stereocenters. The van der Waals surface area contributed by atoms with E-state index < -0.39 is 17.9 Å². The highest BCUT2D eigenvalue weighted by atomic mass is 16.5. The minimum absolute atomic E-state index is 0.327. The Morgan fingerprint density at radius 2 is 1.76 bits per heavy atom. The lowest BCUT2D eigenvalue weighted by Gasteiger charge is -2.19. The van der Waals surface area contributed by atoms with Gasteiger partial charge in [0, 0.05) is 17.2 Å². The third-order valence-electron chi connectivity index (χ3n) is 3.90. The summed E-state index contributed by atoms with van der Waals surface area (Å²) >= 11 is 0. The quantitative estimate of drug-likeness (QED) is 0.842. The maximum Gasteiger partial charge on any atom is 0.331 e. The zero-order chi connectivity index (χ0) is 18.6. The number of carboxylic acids is 1. The highest BCUT2D eigenvalue weighted by Crippen LogP contribution is 2.30. The van der Waals surface area contributed by atoms with E-state index in [0.29, 0.717) is 22.6 Å². The number of rotatable bonds is 6. The molecule has 2 aromatic rings. The molecule has 0 heterocycles. The standard InChI is InChI=1S/C19H21NO5/c1-11-5-7-14(12(2)9-11)18(21)20-17(19(22)23)15-8-6-13(24-3)10-16(15)25-4/h5-10,17H,1-4H3,(H,20,21)(H,22,23). The van der Waals surface area contributed by atoms with Crippen LogP contribution in [-0.2, 0) is 4.79 Å². The molecule has 0 aliphatic heterocycles. The number of carboxylic acid groups (broad SMARTS) is 1. The van der Waals surface area contributed by atoms with Crippen LogP contribution in [-0.4, -0.2) is 31.2 Å². The zero-order valence-electron chi connectivity index (χ0n) is 14.6. The maximum atomic E-state index is 12.5. The molecular formula is C19H21NO5. The third-order valence-corrected chi connectivity index (χ3v) is 3.90. The van der Waals surface area contributed by atoms with E-state index in [0.717, 1.165) is 11.1 Å². The van der Waals surface area contributed by atoms with Crippen LogP contribution in [0.25, 0.3) is 0 Å². The van der Waals surface area contributed by atoms with E-state index in [1.165, 1.54) is 14.2 Å². The summed E-state index contributed by atoms with van der Waals surface area (Å²) in [5.74, 6) is -0.775.